The maximum atomic E-state index is 12.6. The average Bonchev–Trinajstić information content (AvgIpc) is 2.54. The third-order valence-electron chi connectivity index (χ3n) is 3.09. The number of nitrogens with one attached hydrogen (secondary N) is 1. The Kier molecular flexibility index (Phi) is 5.65. The highest BCUT2D eigenvalue weighted by Crippen LogP contribution is 2.24. The first kappa shape index (κ1) is 16.9. The van der Waals surface area contributed by atoms with Crippen molar-refractivity contribution in [2.75, 3.05) is 5.32 Å². The van der Waals surface area contributed by atoms with Crippen molar-refractivity contribution < 1.29 is 19.5 Å². The van der Waals surface area contributed by atoms with Crippen LogP contribution in [0, 0.1) is 0 Å². The Morgan fingerprint density at radius 2 is 1.70 bits per heavy atom. The topological polar surface area (TPSA) is 86.3 Å². The van der Waals surface area contributed by atoms with Crippen molar-refractivity contribution >= 4 is 39.3 Å². The van der Waals surface area contributed by atoms with E-state index < -0.39 is 11.9 Å². The van der Waals surface area contributed by atoms with Crippen molar-refractivity contribution in [1.29, 1.82) is 0 Å². The summed E-state index contributed by atoms with van der Waals surface area (Å²) in [5, 5.41) is 13.0. The maximum Gasteiger partial charge on any atom is 0.224 e. The van der Waals surface area contributed by atoms with Crippen LogP contribution in [0.2, 0.25) is 0 Å². The van der Waals surface area contributed by atoms with Crippen LogP contribution in [-0.4, -0.2) is 17.7 Å². The average molecular weight is 375 g/mol. The van der Waals surface area contributed by atoms with Gasteiger partial charge in [0.25, 0.3) is 0 Å². The van der Waals surface area contributed by atoms with Crippen LogP contribution in [0.1, 0.15) is 28.8 Å². The molecule has 6 heteroatoms. The second-order valence-electron chi connectivity index (χ2n) is 4.81. The van der Waals surface area contributed by atoms with Gasteiger partial charge in [0, 0.05) is 28.0 Å². The van der Waals surface area contributed by atoms with Gasteiger partial charge in [0.05, 0.1) is 5.69 Å². The SMILES string of the molecule is O=C([O-])CCC(=O)Nc1ccc(Br)cc1C(=O)c1ccccc1. The van der Waals surface area contributed by atoms with Gasteiger partial charge in [-0.15, -0.1) is 0 Å². The normalized spacial score (nSPS) is 10.1. The highest BCUT2D eigenvalue weighted by atomic mass is 79.9. The van der Waals surface area contributed by atoms with Gasteiger partial charge in [-0.3, -0.25) is 9.59 Å². The Hall–Kier alpha value is -2.47. The third kappa shape index (κ3) is 4.75. The van der Waals surface area contributed by atoms with Gasteiger partial charge in [0.15, 0.2) is 5.78 Å². The van der Waals surface area contributed by atoms with Crippen molar-refractivity contribution in [3.05, 3.63) is 64.1 Å². The largest absolute Gasteiger partial charge is 0.550 e. The molecule has 2 aromatic carbocycles. The van der Waals surface area contributed by atoms with Gasteiger partial charge in [0.1, 0.15) is 0 Å². The van der Waals surface area contributed by atoms with Crippen LogP contribution in [-0.2, 0) is 9.59 Å². The number of halogens is 1. The van der Waals surface area contributed by atoms with Crippen LogP contribution in [0.4, 0.5) is 5.69 Å². The van der Waals surface area contributed by atoms with Gasteiger partial charge < -0.3 is 15.2 Å². The molecule has 0 aliphatic rings. The first-order chi connectivity index (χ1) is 11.0. The number of hydrogen-bond donors (Lipinski definition) is 1. The summed E-state index contributed by atoms with van der Waals surface area (Å²) in [7, 11) is 0. The molecule has 0 aliphatic heterocycles. The fourth-order valence-electron chi connectivity index (χ4n) is 1.99. The summed E-state index contributed by atoms with van der Waals surface area (Å²) in [5.41, 5.74) is 1.16. The molecular formula is C17H13BrNO4-. The first-order valence-electron chi connectivity index (χ1n) is 6.86. The van der Waals surface area contributed by atoms with Crippen molar-refractivity contribution in [3.8, 4) is 0 Å². The molecule has 1 amide bonds. The van der Waals surface area contributed by atoms with Crippen molar-refractivity contribution in [2.45, 2.75) is 12.8 Å². The van der Waals surface area contributed by atoms with Crippen LogP contribution < -0.4 is 10.4 Å². The Balaban J connectivity index is 2.26. The van der Waals surface area contributed by atoms with Gasteiger partial charge in [-0.2, -0.15) is 0 Å². The smallest absolute Gasteiger partial charge is 0.224 e. The monoisotopic (exact) mass is 374 g/mol. The molecule has 0 heterocycles. The number of carbonyl (C=O) groups excluding carboxylic acids is 3. The number of ketones is 1. The summed E-state index contributed by atoms with van der Waals surface area (Å²) in [6.45, 7) is 0. The lowest BCUT2D eigenvalue weighted by Gasteiger charge is -2.11. The van der Waals surface area contributed by atoms with Crippen LogP contribution in [0.3, 0.4) is 0 Å². The van der Waals surface area contributed by atoms with Gasteiger partial charge in [0.2, 0.25) is 5.91 Å². The second-order valence-corrected chi connectivity index (χ2v) is 5.72. The molecule has 5 nitrogen and oxygen atoms in total. The maximum absolute atomic E-state index is 12.6. The number of carboxylic acids is 1. The van der Waals surface area contributed by atoms with Crippen LogP contribution in [0.25, 0.3) is 0 Å². The molecule has 23 heavy (non-hydrogen) atoms. The van der Waals surface area contributed by atoms with Crippen molar-refractivity contribution in [3.63, 3.8) is 0 Å². The summed E-state index contributed by atoms with van der Waals surface area (Å²) in [5.74, 6) is -2.02. The second kappa shape index (κ2) is 7.69. The molecule has 0 radical (unpaired) electrons. The lowest BCUT2D eigenvalue weighted by Crippen LogP contribution is -2.24. The minimum absolute atomic E-state index is 0.211. The van der Waals surface area contributed by atoms with E-state index in [-0.39, 0.29) is 18.6 Å². The quantitative estimate of drug-likeness (QED) is 0.784. The molecule has 0 aromatic heterocycles. The number of aliphatic carboxylic acids is 1. The predicted octanol–water partition coefficient (Wildman–Crippen LogP) is 2.15. The molecule has 0 fully saturated rings. The van der Waals surface area contributed by atoms with E-state index in [0.29, 0.717) is 21.3 Å². The van der Waals surface area contributed by atoms with Gasteiger partial charge in [-0.1, -0.05) is 46.3 Å². The molecule has 0 unspecified atom stereocenters. The van der Waals surface area contributed by atoms with E-state index in [4.69, 9.17) is 0 Å². The molecular weight excluding hydrogens is 362 g/mol. The lowest BCUT2D eigenvalue weighted by atomic mass is 10.0. The number of carbonyl (C=O) groups is 3. The number of rotatable bonds is 6. The summed E-state index contributed by atoms with van der Waals surface area (Å²) in [6.07, 6.45) is -0.582. The number of carboxylic acid groups (broad SMARTS) is 1. The zero-order valence-electron chi connectivity index (χ0n) is 12.0. The molecule has 2 rings (SSSR count). The Labute approximate surface area is 141 Å². The van der Waals surface area contributed by atoms with E-state index >= 15 is 0 Å². The van der Waals surface area contributed by atoms with Crippen molar-refractivity contribution in [2.24, 2.45) is 0 Å². The molecule has 1 N–H and O–H groups in total. The minimum Gasteiger partial charge on any atom is -0.550 e. The number of hydrogen-bond acceptors (Lipinski definition) is 4. The van der Waals surface area contributed by atoms with E-state index in [1.54, 1.807) is 48.5 Å². The molecule has 2 aromatic rings. The Bertz CT molecular complexity index is 744. The van der Waals surface area contributed by atoms with Crippen molar-refractivity contribution in [1.82, 2.24) is 0 Å². The highest BCUT2D eigenvalue weighted by molar-refractivity contribution is 9.10. The molecule has 0 spiro atoms. The van der Waals surface area contributed by atoms with E-state index in [0.717, 1.165) is 0 Å². The minimum atomic E-state index is -1.29. The standard InChI is InChI=1S/C17H14BrNO4/c18-12-6-7-14(19-15(20)8-9-16(21)22)13(10-12)17(23)11-4-2-1-3-5-11/h1-7,10H,8-9H2,(H,19,20)(H,21,22)/p-1. The third-order valence-corrected chi connectivity index (χ3v) is 3.59. The van der Waals surface area contributed by atoms with E-state index in [1.807, 2.05) is 0 Å². The Morgan fingerprint density at radius 1 is 1.00 bits per heavy atom. The molecule has 0 aliphatic carbocycles. The van der Waals surface area contributed by atoms with E-state index in [9.17, 15) is 19.5 Å². The van der Waals surface area contributed by atoms with Crippen LogP contribution in [0.5, 0.6) is 0 Å². The number of amides is 1. The molecule has 0 bridgehead atoms. The van der Waals surface area contributed by atoms with Gasteiger partial charge in [-0.05, 0) is 24.6 Å². The lowest BCUT2D eigenvalue weighted by molar-refractivity contribution is -0.305. The van der Waals surface area contributed by atoms with Crippen LogP contribution >= 0.6 is 15.9 Å². The molecule has 118 valence electrons. The summed E-state index contributed by atoms with van der Waals surface area (Å²) >= 11 is 3.30. The molecule has 0 saturated heterocycles. The van der Waals surface area contributed by atoms with Gasteiger partial charge in [-0.25, -0.2) is 0 Å². The zero-order valence-corrected chi connectivity index (χ0v) is 13.6. The fourth-order valence-corrected chi connectivity index (χ4v) is 2.35. The Morgan fingerprint density at radius 3 is 2.35 bits per heavy atom. The van der Waals surface area contributed by atoms with Gasteiger partial charge >= 0.3 is 0 Å². The summed E-state index contributed by atoms with van der Waals surface area (Å²) in [6, 6.07) is 13.6. The fraction of sp³-hybridized carbons (Fsp3) is 0.118. The first-order valence-corrected chi connectivity index (χ1v) is 7.65. The molecule has 0 saturated carbocycles. The number of benzene rings is 2. The summed E-state index contributed by atoms with van der Waals surface area (Å²) < 4.78 is 0.699. The highest BCUT2D eigenvalue weighted by Gasteiger charge is 2.15. The molecule has 0 atom stereocenters. The summed E-state index contributed by atoms with van der Waals surface area (Å²) in [4.78, 5) is 34.8. The number of anilines is 1. The van der Waals surface area contributed by atoms with E-state index in [2.05, 4.69) is 21.2 Å². The zero-order chi connectivity index (χ0) is 16.8. The van der Waals surface area contributed by atoms with Crippen LogP contribution in [0.15, 0.2) is 53.0 Å². The predicted molar refractivity (Wildman–Crippen MR) is 86.9 cm³/mol. The van der Waals surface area contributed by atoms with E-state index in [1.165, 1.54) is 0 Å².